The van der Waals surface area contributed by atoms with Crippen LogP contribution in [0, 0.1) is 0 Å². The molecule has 2 nitrogen and oxygen atoms in total. The molecule has 1 atom stereocenters. The molecule has 0 fully saturated rings. The highest BCUT2D eigenvalue weighted by molar-refractivity contribution is 5.95. The van der Waals surface area contributed by atoms with Gasteiger partial charge in [0.25, 0.3) is 0 Å². The fourth-order valence-corrected chi connectivity index (χ4v) is 1.96. The van der Waals surface area contributed by atoms with Gasteiger partial charge in [0, 0.05) is 5.56 Å². The molecule has 2 aromatic rings. The minimum atomic E-state index is 0.0615. The summed E-state index contributed by atoms with van der Waals surface area (Å²) in [6.07, 6.45) is 0.0615. The summed E-state index contributed by atoms with van der Waals surface area (Å²) < 4.78 is 5.88. The number of aliphatic imine (C=N–C) groups is 1. The Hall–Kier alpha value is -2.09. The topological polar surface area (TPSA) is 21.6 Å². The van der Waals surface area contributed by atoms with Gasteiger partial charge in [-0.15, -0.1) is 0 Å². The summed E-state index contributed by atoms with van der Waals surface area (Å²) in [6.45, 7) is 0.703. The van der Waals surface area contributed by atoms with E-state index in [2.05, 4.69) is 17.1 Å². The Morgan fingerprint density at radius 3 is 2.24 bits per heavy atom. The summed E-state index contributed by atoms with van der Waals surface area (Å²) in [7, 11) is 0. The van der Waals surface area contributed by atoms with E-state index in [1.807, 2.05) is 48.5 Å². The van der Waals surface area contributed by atoms with Crippen molar-refractivity contribution in [1.82, 2.24) is 0 Å². The molecule has 0 saturated heterocycles. The van der Waals surface area contributed by atoms with Gasteiger partial charge in [0.05, 0.1) is 6.54 Å². The van der Waals surface area contributed by atoms with Crippen LogP contribution in [0.2, 0.25) is 0 Å². The molecule has 0 aliphatic carbocycles. The van der Waals surface area contributed by atoms with E-state index in [1.54, 1.807) is 0 Å². The third-order valence-corrected chi connectivity index (χ3v) is 2.85. The Labute approximate surface area is 101 Å². The molecule has 0 radical (unpaired) electrons. The summed E-state index contributed by atoms with van der Waals surface area (Å²) in [5, 5.41) is 0. The zero-order valence-electron chi connectivity index (χ0n) is 9.41. The highest BCUT2D eigenvalue weighted by atomic mass is 16.5. The van der Waals surface area contributed by atoms with Crippen LogP contribution in [-0.2, 0) is 4.74 Å². The molecule has 1 aliphatic rings. The van der Waals surface area contributed by atoms with Crippen LogP contribution in [0.25, 0.3) is 0 Å². The van der Waals surface area contributed by atoms with Crippen molar-refractivity contribution in [3.05, 3.63) is 71.8 Å². The summed E-state index contributed by atoms with van der Waals surface area (Å²) in [5.74, 6) is 0.749. The summed E-state index contributed by atoms with van der Waals surface area (Å²) in [6, 6.07) is 20.2. The molecule has 2 heteroatoms. The van der Waals surface area contributed by atoms with E-state index in [-0.39, 0.29) is 6.10 Å². The Morgan fingerprint density at radius 1 is 0.882 bits per heavy atom. The maximum Gasteiger partial charge on any atom is 0.216 e. The fourth-order valence-electron chi connectivity index (χ4n) is 1.96. The van der Waals surface area contributed by atoms with Crippen molar-refractivity contribution in [1.29, 1.82) is 0 Å². The van der Waals surface area contributed by atoms with Crippen molar-refractivity contribution in [2.45, 2.75) is 6.10 Å². The average Bonchev–Trinajstić information content (AvgIpc) is 2.90. The van der Waals surface area contributed by atoms with Crippen molar-refractivity contribution in [3.8, 4) is 0 Å². The second-order valence-electron chi connectivity index (χ2n) is 4.03. The molecular formula is C15H13NO. The van der Waals surface area contributed by atoms with Crippen LogP contribution >= 0.6 is 0 Å². The second-order valence-corrected chi connectivity index (χ2v) is 4.03. The van der Waals surface area contributed by atoms with Crippen molar-refractivity contribution in [3.63, 3.8) is 0 Å². The fraction of sp³-hybridized carbons (Fsp3) is 0.133. The first kappa shape index (κ1) is 10.1. The van der Waals surface area contributed by atoms with Gasteiger partial charge >= 0.3 is 0 Å². The maximum absolute atomic E-state index is 5.88. The third-order valence-electron chi connectivity index (χ3n) is 2.85. The lowest BCUT2D eigenvalue weighted by atomic mass is 10.1. The third kappa shape index (κ3) is 2.07. The monoisotopic (exact) mass is 223 g/mol. The van der Waals surface area contributed by atoms with E-state index in [9.17, 15) is 0 Å². The summed E-state index contributed by atoms with van der Waals surface area (Å²) >= 11 is 0. The van der Waals surface area contributed by atoms with Crippen LogP contribution in [0.4, 0.5) is 0 Å². The Balaban J connectivity index is 1.78. The van der Waals surface area contributed by atoms with Gasteiger partial charge in [0.1, 0.15) is 6.10 Å². The summed E-state index contributed by atoms with van der Waals surface area (Å²) in [4.78, 5) is 4.46. The first-order valence-electron chi connectivity index (χ1n) is 5.75. The van der Waals surface area contributed by atoms with Gasteiger partial charge in [-0.2, -0.15) is 0 Å². The quantitative estimate of drug-likeness (QED) is 0.766. The Kier molecular flexibility index (Phi) is 2.62. The van der Waals surface area contributed by atoms with Gasteiger partial charge in [0.15, 0.2) is 0 Å². The molecule has 2 aromatic carbocycles. The highest BCUT2D eigenvalue weighted by Gasteiger charge is 2.21. The number of ether oxygens (including phenoxy) is 1. The maximum atomic E-state index is 5.88. The van der Waals surface area contributed by atoms with Gasteiger partial charge in [-0.05, 0) is 17.7 Å². The van der Waals surface area contributed by atoms with E-state index in [4.69, 9.17) is 4.74 Å². The largest absolute Gasteiger partial charge is 0.467 e. The minimum Gasteiger partial charge on any atom is -0.467 e. The molecular weight excluding hydrogens is 210 g/mol. The smallest absolute Gasteiger partial charge is 0.216 e. The zero-order chi connectivity index (χ0) is 11.5. The van der Waals surface area contributed by atoms with Crippen LogP contribution in [-0.4, -0.2) is 12.4 Å². The molecule has 0 spiro atoms. The predicted molar refractivity (Wildman–Crippen MR) is 68.1 cm³/mol. The van der Waals surface area contributed by atoms with Crippen LogP contribution in [0.1, 0.15) is 17.2 Å². The molecule has 84 valence electrons. The molecule has 17 heavy (non-hydrogen) atoms. The number of hydrogen-bond donors (Lipinski definition) is 0. The SMILES string of the molecule is c1ccc(C2=NCC(c3ccccc3)O2)cc1. The van der Waals surface area contributed by atoms with Crippen LogP contribution < -0.4 is 0 Å². The molecule has 0 aromatic heterocycles. The average molecular weight is 223 g/mol. The normalized spacial score (nSPS) is 18.6. The molecule has 1 unspecified atom stereocenters. The highest BCUT2D eigenvalue weighted by Crippen LogP contribution is 2.24. The first-order valence-corrected chi connectivity index (χ1v) is 5.75. The van der Waals surface area contributed by atoms with E-state index in [0.29, 0.717) is 6.54 Å². The van der Waals surface area contributed by atoms with Crippen LogP contribution in [0.3, 0.4) is 0 Å². The number of rotatable bonds is 2. The molecule has 1 heterocycles. The van der Waals surface area contributed by atoms with E-state index in [1.165, 1.54) is 5.56 Å². The number of hydrogen-bond acceptors (Lipinski definition) is 2. The van der Waals surface area contributed by atoms with Crippen molar-refractivity contribution in [2.75, 3.05) is 6.54 Å². The van der Waals surface area contributed by atoms with Gasteiger partial charge < -0.3 is 4.74 Å². The van der Waals surface area contributed by atoms with Gasteiger partial charge in [0.2, 0.25) is 5.90 Å². The standard InChI is InChI=1S/C15H13NO/c1-3-7-12(8-4-1)14-11-16-15(17-14)13-9-5-2-6-10-13/h1-10,14H,11H2. The molecule has 0 amide bonds. The van der Waals surface area contributed by atoms with Gasteiger partial charge in [-0.1, -0.05) is 48.5 Å². The van der Waals surface area contributed by atoms with E-state index in [0.717, 1.165) is 11.5 Å². The molecule has 3 rings (SSSR count). The van der Waals surface area contributed by atoms with E-state index < -0.39 is 0 Å². The number of nitrogens with zero attached hydrogens (tertiary/aromatic N) is 1. The Bertz CT molecular complexity index is 519. The van der Waals surface area contributed by atoms with Gasteiger partial charge in [-0.25, -0.2) is 4.99 Å². The minimum absolute atomic E-state index is 0.0615. The van der Waals surface area contributed by atoms with Crippen LogP contribution in [0.15, 0.2) is 65.7 Å². The molecule has 0 saturated carbocycles. The lowest BCUT2D eigenvalue weighted by Gasteiger charge is -2.11. The van der Waals surface area contributed by atoms with Gasteiger partial charge in [-0.3, -0.25) is 0 Å². The molecule has 1 aliphatic heterocycles. The van der Waals surface area contributed by atoms with Crippen LogP contribution in [0.5, 0.6) is 0 Å². The van der Waals surface area contributed by atoms with Crippen molar-refractivity contribution >= 4 is 5.90 Å². The zero-order valence-corrected chi connectivity index (χ0v) is 9.41. The molecule has 0 bridgehead atoms. The van der Waals surface area contributed by atoms with Crippen molar-refractivity contribution in [2.24, 2.45) is 4.99 Å². The van der Waals surface area contributed by atoms with E-state index >= 15 is 0 Å². The lowest BCUT2D eigenvalue weighted by Crippen LogP contribution is -2.05. The van der Waals surface area contributed by atoms with Crippen molar-refractivity contribution < 1.29 is 4.74 Å². The summed E-state index contributed by atoms with van der Waals surface area (Å²) in [5.41, 5.74) is 2.23. The Morgan fingerprint density at radius 2 is 1.53 bits per heavy atom. The lowest BCUT2D eigenvalue weighted by molar-refractivity contribution is 0.230. The number of benzene rings is 2. The molecule has 0 N–H and O–H groups in total. The first-order chi connectivity index (χ1) is 8.43. The second kappa shape index (κ2) is 4.42. The predicted octanol–water partition coefficient (Wildman–Crippen LogP) is 3.20.